The summed E-state index contributed by atoms with van der Waals surface area (Å²) in [6.45, 7) is 1.65. The molecule has 0 aromatic heterocycles. The van der Waals surface area contributed by atoms with Gasteiger partial charge in [-0.2, -0.15) is 0 Å². The van der Waals surface area contributed by atoms with Gasteiger partial charge in [-0.15, -0.1) is 0 Å². The number of amides is 1. The number of halogens is 2. The van der Waals surface area contributed by atoms with Crippen molar-refractivity contribution >= 4 is 33.2 Å². The Kier molecular flexibility index (Phi) is 3.85. The van der Waals surface area contributed by atoms with Gasteiger partial charge in [-0.05, 0) is 58.7 Å². The van der Waals surface area contributed by atoms with E-state index in [2.05, 4.69) is 21.2 Å². The van der Waals surface area contributed by atoms with Crippen LogP contribution in [0.1, 0.15) is 15.9 Å². The van der Waals surface area contributed by atoms with E-state index in [1.54, 1.807) is 37.3 Å². The summed E-state index contributed by atoms with van der Waals surface area (Å²) in [5, 5.41) is 2.69. The van der Waals surface area contributed by atoms with E-state index in [1.807, 2.05) is 0 Å². The summed E-state index contributed by atoms with van der Waals surface area (Å²) in [7, 11) is 0. The fourth-order valence-electron chi connectivity index (χ4n) is 1.56. The predicted octanol–water partition coefficient (Wildman–Crippen LogP) is 3.73. The minimum atomic E-state index is -0.399. The van der Waals surface area contributed by atoms with E-state index in [1.165, 1.54) is 6.07 Å². The SMILES string of the molecule is Cc1ccc(C(=O)Nc2ccc(N)cc2Br)cc1F. The molecule has 3 nitrogen and oxygen atoms in total. The summed E-state index contributed by atoms with van der Waals surface area (Å²) in [4.78, 5) is 12.0. The van der Waals surface area contributed by atoms with Crippen LogP contribution < -0.4 is 11.1 Å². The highest BCUT2D eigenvalue weighted by Crippen LogP contribution is 2.25. The molecule has 0 radical (unpaired) electrons. The van der Waals surface area contributed by atoms with Crippen LogP contribution in [0.25, 0.3) is 0 Å². The molecule has 2 aromatic carbocycles. The van der Waals surface area contributed by atoms with E-state index in [0.29, 0.717) is 21.4 Å². The Morgan fingerprint density at radius 2 is 2.00 bits per heavy atom. The number of nitrogen functional groups attached to an aromatic ring is 1. The lowest BCUT2D eigenvalue weighted by molar-refractivity contribution is 0.102. The van der Waals surface area contributed by atoms with Crippen molar-refractivity contribution in [2.75, 3.05) is 11.1 Å². The zero-order valence-corrected chi connectivity index (χ0v) is 11.8. The van der Waals surface area contributed by atoms with Gasteiger partial charge in [0.1, 0.15) is 5.82 Å². The van der Waals surface area contributed by atoms with Crippen LogP contribution in [0.3, 0.4) is 0 Å². The maximum Gasteiger partial charge on any atom is 0.255 e. The molecule has 0 atom stereocenters. The van der Waals surface area contributed by atoms with Crippen molar-refractivity contribution in [2.24, 2.45) is 0 Å². The van der Waals surface area contributed by atoms with Crippen molar-refractivity contribution in [1.82, 2.24) is 0 Å². The number of anilines is 2. The third-order valence-electron chi connectivity index (χ3n) is 2.68. The Labute approximate surface area is 118 Å². The fraction of sp³-hybridized carbons (Fsp3) is 0.0714. The number of rotatable bonds is 2. The Balaban J connectivity index is 2.23. The van der Waals surface area contributed by atoms with Gasteiger partial charge in [0.15, 0.2) is 0 Å². The number of aryl methyl sites for hydroxylation is 1. The van der Waals surface area contributed by atoms with Gasteiger partial charge < -0.3 is 11.1 Å². The number of carbonyl (C=O) groups is 1. The number of carbonyl (C=O) groups excluding carboxylic acids is 1. The molecule has 0 aliphatic heterocycles. The topological polar surface area (TPSA) is 55.1 Å². The zero-order valence-electron chi connectivity index (χ0n) is 10.2. The molecular formula is C14H12BrFN2O. The largest absolute Gasteiger partial charge is 0.399 e. The van der Waals surface area contributed by atoms with Crippen molar-refractivity contribution < 1.29 is 9.18 Å². The number of nitrogens with one attached hydrogen (secondary N) is 1. The van der Waals surface area contributed by atoms with E-state index < -0.39 is 5.82 Å². The molecule has 0 unspecified atom stereocenters. The first-order valence-corrected chi connectivity index (χ1v) is 6.39. The molecule has 3 N–H and O–H groups in total. The maximum atomic E-state index is 13.4. The summed E-state index contributed by atoms with van der Waals surface area (Å²) in [5.41, 5.74) is 7.56. The van der Waals surface area contributed by atoms with E-state index in [9.17, 15) is 9.18 Å². The minimum absolute atomic E-state index is 0.270. The van der Waals surface area contributed by atoms with Crippen LogP contribution in [0.15, 0.2) is 40.9 Å². The fourth-order valence-corrected chi connectivity index (χ4v) is 2.06. The molecule has 0 fully saturated rings. The van der Waals surface area contributed by atoms with Gasteiger partial charge in [0, 0.05) is 15.7 Å². The Bertz CT molecular complexity index is 643. The molecule has 5 heteroatoms. The first kappa shape index (κ1) is 13.5. The lowest BCUT2D eigenvalue weighted by Crippen LogP contribution is -2.12. The van der Waals surface area contributed by atoms with Crippen LogP contribution in [0.2, 0.25) is 0 Å². The molecular weight excluding hydrogens is 311 g/mol. The molecule has 2 rings (SSSR count). The average Bonchev–Trinajstić information content (AvgIpc) is 2.36. The average molecular weight is 323 g/mol. The van der Waals surface area contributed by atoms with Gasteiger partial charge >= 0.3 is 0 Å². The number of hydrogen-bond donors (Lipinski definition) is 2. The molecule has 19 heavy (non-hydrogen) atoms. The summed E-state index contributed by atoms with van der Waals surface area (Å²) in [5.74, 6) is -0.770. The lowest BCUT2D eigenvalue weighted by Gasteiger charge is -2.08. The van der Waals surface area contributed by atoms with Gasteiger partial charge in [-0.1, -0.05) is 6.07 Å². The molecule has 0 aliphatic carbocycles. The molecule has 0 aliphatic rings. The zero-order chi connectivity index (χ0) is 14.0. The molecule has 98 valence electrons. The molecule has 0 saturated heterocycles. The number of nitrogens with two attached hydrogens (primary N) is 1. The highest BCUT2D eigenvalue weighted by atomic mass is 79.9. The van der Waals surface area contributed by atoms with Crippen molar-refractivity contribution in [1.29, 1.82) is 0 Å². The highest BCUT2D eigenvalue weighted by molar-refractivity contribution is 9.10. The van der Waals surface area contributed by atoms with E-state index >= 15 is 0 Å². The van der Waals surface area contributed by atoms with Crippen LogP contribution in [0.4, 0.5) is 15.8 Å². The Hall–Kier alpha value is -1.88. The van der Waals surface area contributed by atoms with Crippen LogP contribution >= 0.6 is 15.9 Å². The summed E-state index contributed by atoms with van der Waals surface area (Å²) >= 11 is 3.31. The number of benzene rings is 2. The van der Waals surface area contributed by atoms with Crippen molar-refractivity contribution in [3.8, 4) is 0 Å². The van der Waals surface area contributed by atoms with Gasteiger partial charge in [0.25, 0.3) is 5.91 Å². The lowest BCUT2D eigenvalue weighted by atomic mass is 10.1. The smallest absolute Gasteiger partial charge is 0.255 e. The van der Waals surface area contributed by atoms with Gasteiger partial charge in [0.2, 0.25) is 0 Å². The maximum absolute atomic E-state index is 13.4. The third-order valence-corrected chi connectivity index (χ3v) is 3.33. The van der Waals surface area contributed by atoms with Crippen molar-refractivity contribution in [3.63, 3.8) is 0 Å². The van der Waals surface area contributed by atoms with Gasteiger partial charge in [-0.25, -0.2) is 4.39 Å². The second-order valence-corrected chi connectivity index (χ2v) is 5.01. The second kappa shape index (κ2) is 5.40. The quantitative estimate of drug-likeness (QED) is 0.828. The summed E-state index contributed by atoms with van der Waals surface area (Å²) in [6, 6.07) is 9.42. The molecule has 1 amide bonds. The molecule has 0 saturated carbocycles. The first-order chi connectivity index (χ1) is 8.97. The molecule has 2 aromatic rings. The van der Waals surface area contributed by atoms with Gasteiger partial charge in [-0.3, -0.25) is 4.79 Å². The van der Waals surface area contributed by atoms with E-state index in [0.717, 1.165) is 0 Å². The molecule has 0 spiro atoms. The number of hydrogen-bond acceptors (Lipinski definition) is 2. The van der Waals surface area contributed by atoms with Crippen LogP contribution in [0, 0.1) is 12.7 Å². The van der Waals surface area contributed by atoms with Crippen LogP contribution in [-0.4, -0.2) is 5.91 Å². The van der Waals surface area contributed by atoms with Crippen LogP contribution in [-0.2, 0) is 0 Å². The third kappa shape index (κ3) is 3.12. The monoisotopic (exact) mass is 322 g/mol. The molecule has 0 bridgehead atoms. The standard InChI is InChI=1S/C14H12BrFN2O/c1-8-2-3-9(6-12(8)16)14(19)18-13-5-4-10(17)7-11(13)15/h2-7H,17H2,1H3,(H,18,19). The van der Waals surface area contributed by atoms with Crippen molar-refractivity contribution in [2.45, 2.75) is 6.92 Å². The van der Waals surface area contributed by atoms with E-state index in [4.69, 9.17) is 5.73 Å². The minimum Gasteiger partial charge on any atom is -0.399 e. The highest BCUT2D eigenvalue weighted by Gasteiger charge is 2.10. The van der Waals surface area contributed by atoms with Gasteiger partial charge in [0.05, 0.1) is 5.69 Å². The Morgan fingerprint density at radius 1 is 1.26 bits per heavy atom. The first-order valence-electron chi connectivity index (χ1n) is 5.60. The van der Waals surface area contributed by atoms with E-state index in [-0.39, 0.29) is 11.5 Å². The predicted molar refractivity (Wildman–Crippen MR) is 77.6 cm³/mol. The molecule has 0 heterocycles. The Morgan fingerprint density at radius 3 is 2.63 bits per heavy atom. The summed E-state index contributed by atoms with van der Waals surface area (Å²) < 4.78 is 14.1. The summed E-state index contributed by atoms with van der Waals surface area (Å²) in [6.07, 6.45) is 0. The van der Waals surface area contributed by atoms with Crippen LogP contribution in [0.5, 0.6) is 0 Å². The second-order valence-electron chi connectivity index (χ2n) is 4.16. The van der Waals surface area contributed by atoms with Crippen molar-refractivity contribution in [3.05, 3.63) is 57.8 Å². The normalized spacial score (nSPS) is 10.3.